The molecule has 1 aromatic rings. The Morgan fingerprint density at radius 1 is 1.11 bits per heavy atom. The van der Waals surface area contributed by atoms with Crippen molar-refractivity contribution < 1.29 is 19.1 Å². The van der Waals surface area contributed by atoms with Crippen LogP contribution in [0.15, 0.2) is 24.3 Å². The second-order valence-electron chi connectivity index (χ2n) is 11.7. The highest BCUT2D eigenvalue weighted by Gasteiger charge is 2.45. The second kappa shape index (κ2) is 11.2. The molecule has 0 aromatic heterocycles. The molecule has 0 saturated heterocycles. The first-order valence-corrected chi connectivity index (χ1v) is 12.3. The van der Waals surface area contributed by atoms with Crippen LogP contribution >= 0.6 is 0 Å². The molecule has 2 atom stereocenters. The van der Waals surface area contributed by atoms with Crippen LogP contribution < -0.4 is 10.6 Å². The number of alkyl carbamates (subject to hydrolysis) is 1. The van der Waals surface area contributed by atoms with Gasteiger partial charge in [0.1, 0.15) is 17.7 Å². The van der Waals surface area contributed by atoms with Crippen LogP contribution in [0.1, 0.15) is 91.8 Å². The van der Waals surface area contributed by atoms with Crippen LogP contribution in [0, 0.1) is 18.3 Å². The first kappa shape index (κ1) is 28.2. The molecule has 7 heteroatoms. The van der Waals surface area contributed by atoms with E-state index in [9.17, 15) is 14.4 Å². The van der Waals surface area contributed by atoms with E-state index in [1.165, 1.54) is 0 Å². The largest absolute Gasteiger partial charge is 0.444 e. The lowest BCUT2D eigenvalue weighted by molar-refractivity contribution is -0.144. The first-order chi connectivity index (χ1) is 16.1. The molecule has 2 rings (SSSR count). The lowest BCUT2D eigenvalue weighted by Gasteiger charge is -2.37. The molecule has 0 aliphatic heterocycles. The summed E-state index contributed by atoms with van der Waals surface area (Å²) in [4.78, 5) is 42.0. The van der Waals surface area contributed by atoms with Crippen molar-refractivity contribution in [2.75, 3.05) is 0 Å². The van der Waals surface area contributed by atoms with Gasteiger partial charge in [-0.05, 0) is 78.4 Å². The highest BCUT2D eigenvalue weighted by atomic mass is 16.6. The highest BCUT2D eigenvalue weighted by Crippen LogP contribution is 2.37. The van der Waals surface area contributed by atoms with E-state index in [2.05, 4.69) is 16.6 Å². The number of hydrogen-bond acceptors (Lipinski definition) is 4. The Morgan fingerprint density at radius 3 is 2.20 bits per heavy atom. The number of carbonyl (C=O) groups excluding carboxylic acids is 3. The van der Waals surface area contributed by atoms with Crippen molar-refractivity contribution in [3.05, 3.63) is 35.4 Å². The number of hydrogen-bond donors (Lipinski definition) is 2. The van der Waals surface area contributed by atoms with E-state index in [0.717, 1.165) is 12.8 Å². The summed E-state index contributed by atoms with van der Waals surface area (Å²) >= 11 is 0. The lowest BCUT2D eigenvalue weighted by Crippen LogP contribution is -2.55. The van der Waals surface area contributed by atoms with Crippen LogP contribution in [-0.2, 0) is 14.3 Å². The van der Waals surface area contributed by atoms with Gasteiger partial charge in [-0.15, -0.1) is 6.42 Å². The van der Waals surface area contributed by atoms with Gasteiger partial charge in [0.15, 0.2) is 0 Å². The summed E-state index contributed by atoms with van der Waals surface area (Å²) in [5, 5.41) is 5.79. The summed E-state index contributed by atoms with van der Waals surface area (Å²) in [5.74, 6) is 2.17. The van der Waals surface area contributed by atoms with Crippen LogP contribution in [-0.4, -0.2) is 46.0 Å². The molecule has 3 amide bonds. The number of nitrogens with zero attached hydrogens (tertiary/aromatic N) is 1. The minimum absolute atomic E-state index is 0.112. The molecule has 192 valence electrons. The average Bonchev–Trinajstić information content (AvgIpc) is 3.52. The number of rotatable bonds is 8. The molecule has 0 radical (unpaired) electrons. The Bertz CT molecular complexity index is 962. The van der Waals surface area contributed by atoms with Gasteiger partial charge in [0, 0.05) is 17.1 Å². The number of nitrogens with one attached hydrogen (secondary N) is 2. The van der Waals surface area contributed by atoms with E-state index in [1.54, 1.807) is 37.8 Å². The van der Waals surface area contributed by atoms with Crippen molar-refractivity contribution in [2.24, 2.45) is 5.92 Å². The van der Waals surface area contributed by atoms with Gasteiger partial charge in [-0.2, -0.15) is 0 Å². The summed E-state index contributed by atoms with van der Waals surface area (Å²) < 4.78 is 5.42. The molecular formula is C28H41N3O4. The minimum atomic E-state index is -0.920. The van der Waals surface area contributed by atoms with Crippen molar-refractivity contribution in [3.8, 4) is 12.3 Å². The van der Waals surface area contributed by atoms with Crippen LogP contribution in [0.2, 0.25) is 0 Å². The fourth-order valence-electron chi connectivity index (χ4n) is 3.92. The molecule has 35 heavy (non-hydrogen) atoms. The topological polar surface area (TPSA) is 87.7 Å². The zero-order valence-corrected chi connectivity index (χ0v) is 22.4. The van der Waals surface area contributed by atoms with Gasteiger partial charge in [-0.3, -0.25) is 9.59 Å². The maximum Gasteiger partial charge on any atom is 0.408 e. The van der Waals surface area contributed by atoms with E-state index >= 15 is 0 Å². The van der Waals surface area contributed by atoms with Crippen molar-refractivity contribution in [2.45, 2.75) is 104 Å². The van der Waals surface area contributed by atoms with Crippen molar-refractivity contribution in [1.29, 1.82) is 0 Å². The quantitative estimate of drug-likeness (QED) is 0.531. The lowest BCUT2D eigenvalue weighted by atomic mass is 9.95. The molecule has 7 nitrogen and oxygen atoms in total. The average molecular weight is 484 g/mol. The number of ether oxygens (including phenoxy) is 1. The maximum atomic E-state index is 14.1. The van der Waals surface area contributed by atoms with E-state index in [1.807, 2.05) is 46.8 Å². The van der Waals surface area contributed by atoms with Crippen LogP contribution in [0.3, 0.4) is 0 Å². The SMILES string of the molecule is C#Cc1ccccc1C(C(=O)NC(C)(C)C)N(C(=O)C(CC(C)C)NC(=O)OC(C)(C)C)C1CC1. The number of benzene rings is 1. The normalized spacial score (nSPS) is 15.5. The van der Waals surface area contributed by atoms with E-state index in [-0.39, 0.29) is 23.8 Å². The monoisotopic (exact) mass is 483 g/mol. The summed E-state index contributed by atoms with van der Waals surface area (Å²) in [5.41, 5.74) is -0.0600. The summed E-state index contributed by atoms with van der Waals surface area (Å²) in [6.07, 6.45) is 7.09. The molecule has 0 bridgehead atoms. The number of carbonyl (C=O) groups is 3. The molecule has 2 unspecified atom stereocenters. The fraction of sp³-hybridized carbons (Fsp3) is 0.607. The van der Waals surface area contributed by atoms with Gasteiger partial charge in [-0.25, -0.2) is 4.79 Å². The maximum absolute atomic E-state index is 14.1. The molecule has 2 N–H and O–H groups in total. The molecule has 1 aliphatic carbocycles. The third-order valence-electron chi connectivity index (χ3n) is 5.33. The van der Waals surface area contributed by atoms with Gasteiger partial charge < -0.3 is 20.3 Å². The highest BCUT2D eigenvalue weighted by molar-refractivity contribution is 5.93. The molecule has 0 heterocycles. The first-order valence-electron chi connectivity index (χ1n) is 12.3. The van der Waals surface area contributed by atoms with Gasteiger partial charge in [0.25, 0.3) is 0 Å². The Hall–Kier alpha value is -3.01. The Kier molecular flexibility index (Phi) is 9.00. The van der Waals surface area contributed by atoms with Crippen LogP contribution in [0.4, 0.5) is 4.79 Å². The Balaban J connectivity index is 2.52. The van der Waals surface area contributed by atoms with E-state index < -0.39 is 29.3 Å². The van der Waals surface area contributed by atoms with E-state index in [0.29, 0.717) is 17.5 Å². The third kappa shape index (κ3) is 8.61. The molecule has 1 aromatic carbocycles. The summed E-state index contributed by atoms with van der Waals surface area (Å²) in [7, 11) is 0. The standard InChI is InChI=1S/C28H41N3O4/c1-10-19-13-11-12-14-21(19)23(24(32)30-27(4,5)6)31(20-15-16-20)25(33)22(17-18(2)3)29-26(34)35-28(7,8)9/h1,11-14,18,20,22-23H,15-17H2,2-9H3,(H,29,34)(H,30,32). The molecule has 1 fully saturated rings. The Morgan fingerprint density at radius 2 is 1.71 bits per heavy atom. The molecule has 0 spiro atoms. The fourth-order valence-corrected chi connectivity index (χ4v) is 3.92. The summed E-state index contributed by atoms with van der Waals surface area (Å²) in [6, 6.07) is 5.32. The Labute approximate surface area is 210 Å². The van der Waals surface area contributed by atoms with Crippen LogP contribution in [0.25, 0.3) is 0 Å². The summed E-state index contributed by atoms with van der Waals surface area (Å²) in [6.45, 7) is 15.0. The van der Waals surface area contributed by atoms with Crippen molar-refractivity contribution in [3.63, 3.8) is 0 Å². The molecule has 1 aliphatic rings. The minimum Gasteiger partial charge on any atom is -0.444 e. The zero-order chi connectivity index (χ0) is 26.6. The predicted octanol–water partition coefficient (Wildman–Crippen LogP) is 4.55. The van der Waals surface area contributed by atoms with Gasteiger partial charge in [0.05, 0.1) is 0 Å². The third-order valence-corrected chi connectivity index (χ3v) is 5.33. The van der Waals surface area contributed by atoms with Crippen molar-refractivity contribution >= 4 is 17.9 Å². The smallest absolute Gasteiger partial charge is 0.408 e. The van der Waals surface area contributed by atoms with Gasteiger partial charge in [-0.1, -0.05) is 38.0 Å². The predicted molar refractivity (Wildman–Crippen MR) is 137 cm³/mol. The van der Waals surface area contributed by atoms with Gasteiger partial charge in [0.2, 0.25) is 11.8 Å². The number of amides is 3. The van der Waals surface area contributed by atoms with Crippen LogP contribution in [0.5, 0.6) is 0 Å². The number of terminal acetylenes is 1. The second-order valence-corrected chi connectivity index (χ2v) is 11.7. The van der Waals surface area contributed by atoms with Crippen molar-refractivity contribution in [1.82, 2.24) is 15.5 Å². The van der Waals surface area contributed by atoms with Gasteiger partial charge >= 0.3 is 6.09 Å². The molecule has 1 saturated carbocycles. The molecular weight excluding hydrogens is 442 g/mol. The van der Waals surface area contributed by atoms with E-state index in [4.69, 9.17) is 11.2 Å². The zero-order valence-electron chi connectivity index (χ0n) is 22.4.